The third-order valence-electron chi connectivity index (χ3n) is 7.67. The van der Waals surface area contributed by atoms with Crippen molar-refractivity contribution in [2.24, 2.45) is 5.73 Å². The van der Waals surface area contributed by atoms with Crippen molar-refractivity contribution in [2.45, 2.75) is 45.2 Å². The van der Waals surface area contributed by atoms with Gasteiger partial charge < -0.3 is 20.1 Å². The summed E-state index contributed by atoms with van der Waals surface area (Å²) >= 11 is 0. The van der Waals surface area contributed by atoms with Crippen LogP contribution < -0.4 is 26.8 Å². The number of halogens is 4. The number of nitrogens with zero attached hydrogens (tertiary/aromatic N) is 5. The summed E-state index contributed by atoms with van der Waals surface area (Å²) in [7, 11) is 0. The maximum absolute atomic E-state index is 14.9. The molecule has 1 aliphatic heterocycles. The smallest absolute Gasteiger partial charge is 0.363 e. The summed E-state index contributed by atoms with van der Waals surface area (Å²) in [6.45, 7) is 3.69. The zero-order valence-corrected chi connectivity index (χ0v) is 23.0. The Morgan fingerprint density at radius 2 is 1.79 bits per heavy atom. The Labute approximate surface area is 238 Å². The molecule has 4 aromatic rings. The summed E-state index contributed by atoms with van der Waals surface area (Å²) in [6.07, 6.45) is -3.40. The summed E-state index contributed by atoms with van der Waals surface area (Å²) in [5.74, 6) is -0.473. The number of hydrogen-bond donors (Lipinski definition) is 1. The van der Waals surface area contributed by atoms with E-state index in [4.69, 9.17) is 10.3 Å². The highest BCUT2D eigenvalue weighted by Crippen LogP contribution is 2.34. The Balaban J connectivity index is 1.63. The van der Waals surface area contributed by atoms with Crippen LogP contribution in [0, 0.1) is 12.7 Å². The fraction of sp³-hybridized carbons (Fsp3) is 0.345. The number of anilines is 2. The molecule has 13 heteroatoms. The number of alkyl halides is 3. The largest absolute Gasteiger partial charge is 0.416 e. The van der Waals surface area contributed by atoms with Gasteiger partial charge in [-0.15, -0.1) is 0 Å². The Kier molecular flexibility index (Phi) is 7.95. The van der Waals surface area contributed by atoms with E-state index in [2.05, 4.69) is 5.16 Å². The Morgan fingerprint density at radius 3 is 2.43 bits per heavy atom. The predicted molar refractivity (Wildman–Crippen MR) is 149 cm³/mol. The summed E-state index contributed by atoms with van der Waals surface area (Å²) in [4.78, 5) is 31.6. The average Bonchev–Trinajstić information content (AvgIpc) is 3.50. The lowest BCUT2D eigenvalue weighted by Gasteiger charge is -2.41. The maximum atomic E-state index is 14.9. The zero-order valence-electron chi connectivity index (χ0n) is 23.0. The highest BCUT2D eigenvalue weighted by molar-refractivity contribution is 5.53. The van der Waals surface area contributed by atoms with E-state index in [-0.39, 0.29) is 24.0 Å². The van der Waals surface area contributed by atoms with Crippen LogP contribution in [0.15, 0.2) is 75.0 Å². The molecular formula is C29H30F4N6O3. The molecule has 2 N–H and O–H groups in total. The minimum absolute atomic E-state index is 0.132. The van der Waals surface area contributed by atoms with Gasteiger partial charge in [-0.1, -0.05) is 41.6 Å². The molecule has 1 aliphatic rings. The van der Waals surface area contributed by atoms with Crippen molar-refractivity contribution in [3.8, 4) is 0 Å². The lowest BCUT2D eigenvalue weighted by molar-refractivity contribution is -0.138. The Bertz CT molecular complexity index is 1670. The lowest BCUT2D eigenvalue weighted by Crippen LogP contribution is -2.56. The first kappa shape index (κ1) is 29.1. The van der Waals surface area contributed by atoms with Gasteiger partial charge in [0.05, 0.1) is 18.7 Å². The molecule has 9 nitrogen and oxygen atoms in total. The van der Waals surface area contributed by atoms with Crippen molar-refractivity contribution in [1.82, 2.24) is 14.3 Å². The number of piperazine rings is 1. The second kappa shape index (κ2) is 11.5. The number of hydrogen-bond acceptors (Lipinski definition) is 7. The van der Waals surface area contributed by atoms with Crippen LogP contribution in [0.2, 0.25) is 0 Å². The molecule has 2 atom stereocenters. The Morgan fingerprint density at radius 1 is 1.05 bits per heavy atom. The molecule has 0 aliphatic carbocycles. The molecule has 0 radical (unpaired) electrons. The molecule has 2 aromatic heterocycles. The van der Waals surface area contributed by atoms with Gasteiger partial charge in [-0.3, -0.25) is 13.9 Å². The van der Waals surface area contributed by atoms with Gasteiger partial charge in [0, 0.05) is 49.0 Å². The van der Waals surface area contributed by atoms with E-state index in [9.17, 15) is 27.2 Å². The number of benzene rings is 2. The standard InChI is InChI=1S/C29H30F4N6O3/c1-18-15-36(25-11-14-42-35-25)12-13-37(18)26-19(2)38(16-21-22(29(31,32)33)9-6-10-23(21)30)28(41)39(27(26)40)17-24(34)20-7-4-3-5-8-20/h3-11,14,18,24H,12-13,15-17,34H2,1-2H3/t18?,24-/m0/s1. The fourth-order valence-electron chi connectivity index (χ4n) is 5.48. The number of rotatable bonds is 7. The fourth-order valence-corrected chi connectivity index (χ4v) is 5.48. The van der Waals surface area contributed by atoms with Crippen LogP contribution in [0.3, 0.4) is 0 Å². The molecule has 2 aromatic carbocycles. The van der Waals surface area contributed by atoms with Gasteiger partial charge >= 0.3 is 11.9 Å². The normalized spacial score (nSPS) is 16.6. The SMILES string of the molecule is Cc1c(N2CCN(c3ccon3)CC2C)c(=O)n(C[C@H](N)c2ccccc2)c(=O)n1Cc1c(F)cccc1C(F)(F)F. The van der Waals surface area contributed by atoms with E-state index in [1.54, 1.807) is 36.4 Å². The molecule has 0 amide bonds. The van der Waals surface area contributed by atoms with Crippen molar-refractivity contribution in [3.63, 3.8) is 0 Å². The maximum Gasteiger partial charge on any atom is 0.416 e. The van der Waals surface area contributed by atoms with Crippen molar-refractivity contribution < 1.29 is 22.1 Å². The molecule has 1 unspecified atom stereocenters. The molecule has 1 saturated heterocycles. The molecule has 222 valence electrons. The van der Waals surface area contributed by atoms with Crippen LogP contribution in [0.1, 0.15) is 35.3 Å². The average molecular weight is 587 g/mol. The van der Waals surface area contributed by atoms with Crippen LogP contribution in [0.5, 0.6) is 0 Å². The quantitative estimate of drug-likeness (QED) is 0.328. The third kappa shape index (κ3) is 5.56. The van der Waals surface area contributed by atoms with E-state index in [1.807, 2.05) is 16.7 Å². The summed E-state index contributed by atoms with van der Waals surface area (Å²) in [6, 6.07) is 12.2. The minimum atomic E-state index is -4.85. The van der Waals surface area contributed by atoms with Crippen molar-refractivity contribution in [1.29, 1.82) is 0 Å². The summed E-state index contributed by atoms with van der Waals surface area (Å²) < 4.78 is 63.4. The third-order valence-corrected chi connectivity index (χ3v) is 7.67. The number of nitrogens with two attached hydrogens (primary N) is 1. The van der Waals surface area contributed by atoms with Crippen LogP contribution in [-0.4, -0.2) is 40.0 Å². The van der Waals surface area contributed by atoms with Gasteiger partial charge in [-0.2, -0.15) is 13.2 Å². The van der Waals surface area contributed by atoms with Crippen molar-refractivity contribution in [3.05, 3.63) is 110 Å². The lowest BCUT2D eigenvalue weighted by atomic mass is 10.1. The van der Waals surface area contributed by atoms with E-state index in [1.165, 1.54) is 13.2 Å². The molecule has 0 spiro atoms. The summed E-state index contributed by atoms with van der Waals surface area (Å²) in [5, 5.41) is 3.97. The zero-order chi connectivity index (χ0) is 30.2. The minimum Gasteiger partial charge on any atom is -0.363 e. The first-order valence-electron chi connectivity index (χ1n) is 13.4. The van der Waals surface area contributed by atoms with E-state index >= 15 is 0 Å². The van der Waals surface area contributed by atoms with Crippen molar-refractivity contribution in [2.75, 3.05) is 29.4 Å². The first-order chi connectivity index (χ1) is 20.0. The topological polar surface area (TPSA) is 103 Å². The van der Waals surface area contributed by atoms with E-state index in [0.717, 1.165) is 27.3 Å². The molecule has 0 bridgehead atoms. The van der Waals surface area contributed by atoms with Gasteiger partial charge in [0.1, 0.15) is 17.8 Å². The molecular weight excluding hydrogens is 556 g/mol. The van der Waals surface area contributed by atoms with Crippen LogP contribution >= 0.6 is 0 Å². The molecule has 0 saturated carbocycles. The van der Waals surface area contributed by atoms with Crippen LogP contribution in [-0.2, 0) is 19.3 Å². The Hall–Kier alpha value is -4.39. The van der Waals surface area contributed by atoms with Crippen LogP contribution in [0.25, 0.3) is 0 Å². The highest BCUT2D eigenvalue weighted by Gasteiger charge is 2.36. The van der Waals surface area contributed by atoms with Gasteiger partial charge in [0.15, 0.2) is 5.82 Å². The van der Waals surface area contributed by atoms with Crippen molar-refractivity contribution >= 4 is 11.5 Å². The summed E-state index contributed by atoms with van der Waals surface area (Å²) in [5.41, 5.74) is 3.95. The first-order valence-corrected chi connectivity index (χ1v) is 13.4. The highest BCUT2D eigenvalue weighted by atomic mass is 19.4. The van der Waals surface area contributed by atoms with Gasteiger partial charge in [-0.25, -0.2) is 9.18 Å². The molecule has 5 rings (SSSR count). The van der Waals surface area contributed by atoms with Gasteiger partial charge in [0.25, 0.3) is 5.56 Å². The second-order valence-corrected chi connectivity index (χ2v) is 10.3. The van der Waals surface area contributed by atoms with E-state index in [0.29, 0.717) is 31.0 Å². The molecule has 1 fully saturated rings. The van der Waals surface area contributed by atoms with Crippen LogP contribution in [0.4, 0.5) is 29.1 Å². The number of aromatic nitrogens is 3. The predicted octanol–water partition coefficient (Wildman–Crippen LogP) is 3.93. The van der Waals surface area contributed by atoms with Gasteiger partial charge in [0.2, 0.25) is 0 Å². The molecule has 3 heterocycles. The van der Waals surface area contributed by atoms with E-state index < -0.39 is 47.0 Å². The monoisotopic (exact) mass is 586 g/mol. The molecule has 42 heavy (non-hydrogen) atoms. The van der Waals surface area contributed by atoms with Gasteiger partial charge in [-0.05, 0) is 31.5 Å². The second-order valence-electron chi connectivity index (χ2n) is 10.3.